The quantitative estimate of drug-likeness (QED) is 0.815. The Kier molecular flexibility index (Phi) is 4.50. The van der Waals surface area contributed by atoms with Gasteiger partial charge in [0.1, 0.15) is 6.54 Å². The third-order valence-corrected chi connectivity index (χ3v) is 4.24. The molecule has 1 aromatic carbocycles. The van der Waals surface area contributed by atoms with E-state index in [2.05, 4.69) is 34.4 Å². The van der Waals surface area contributed by atoms with E-state index in [9.17, 15) is 14.4 Å². The molecule has 1 aromatic heterocycles. The Morgan fingerprint density at radius 3 is 2.88 bits per heavy atom. The molecule has 0 radical (unpaired) electrons. The highest BCUT2D eigenvalue weighted by atomic mass is 16.2. The van der Waals surface area contributed by atoms with Crippen molar-refractivity contribution in [1.82, 2.24) is 15.1 Å². The molecule has 7 nitrogen and oxygen atoms in total. The molecule has 2 N–H and O–H groups in total. The number of H-pyrrole nitrogens is 1. The zero-order valence-corrected chi connectivity index (χ0v) is 13.5. The number of benzene rings is 1. The molecule has 7 heteroatoms. The lowest BCUT2D eigenvalue weighted by Gasteiger charge is -2.27. The molecule has 1 unspecified atom stereocenters. The van der Waals surface area contributed by atoms with Gasteiger partial charge in [0.2, 0.25) is 5.91 Å². The average molecular weight is 328 g/mol. The molecule has 0 spiro atoms. The number of nitrogens with zero attached hydrogens (tertiary/aromatic N) is 2. The Morgan fingerprint density at radius 2 is 2.04 bits per heavy atom. The summed E-state index contributed by atoms with van der Waals surface area (Å²) >= 11 is 0. The number of carbonyl (C=O) groups excluding carboxylic acids is 1. The summed E-state index contributed by atoms with van der Waals surface area (Å²) in [5.74, 6) is -0.307. The first-order chi connectivity index (χ1) is 11.5. The molecule has 1 aliphatic rings. The van der Waals surface area contributed by atoms with Gasteiger partial charge in [0.15, 0.2) is 0 Å². The number of rotatable bonds is 5. The zero-order chi connectivity index (χ0) is 17.1. The molecule has 2 heterocycles. The first-order valence-electron chi connectivity index (χ1n) is 7.96. The lowest BCUT2D eigenvalue weighted by Crippen LogP contribution is -2.43. The molecule has 126 valence electrons. The summed E-state index contributed by atoms with van der Waals surface area (Å²) in [6.07, 6.45) is 1.01. The zero-order valence-electron chi connectivity index (χ0n) is 13.5. The summed E-state index contributed by atoms with van der Waals surface area (Å²) < 4.78 is 1.01. The minimum Gasteiger partial charge on any atom is -0.366 e. The number of carbonyl (C=O) groups is 1. The van der Waals surface area contributed by atoms with Crippen molar-refractivity contribution in [2.75, 3.05) is 18.0 Å². The van der Waals surface area contributed by atoms with Gasteiger partial charge in [-0.15, -0.1) is 0 Å². The number of aromatic nitrogens is 2. The fourth-order valence-corrected chi connectivity index (χ4v) is 2.97. The van der Waals surface area contributed by atoms with Crippen molar-refractivity contribution >= 4 is 11.6 Å². The van der Waals surface area contributed by atoms with E-state index in [0.717, 1.165) is 29.8 Å². The van der Waals surface area contributed by atoms with Crippen LogP contribution in [0.4, 0.5) is 5.69 Å². The average Bonchev–Trinajstić information content (AvgIpc) is 3.00. The fraction of sp³-hybridized carbons (Fsp3) is 0.353. The SMILES string of the molecule is CC(CNC(=O)Cn1[nH]c(=O)ccc1=O)N1CCc2ccccc21. The Balaban J connectivity index is 1.58. The minimum atomic E-state index is -0.413. The van der Waals surface area contributed by atoms with Crippen LogP contribution in [0.25, 0.3) is 0 Å². The van der Waals surface area contributed by atoms with Crippen LogP contribution in [0.5, 0.6) is 0 Å². The van der Waals surface area contributed by atoms with E-state index in [1.54, 1.807) is 0 Å². The lowest BCUT2D eigenvalue weighted by molar-refractivity contribution is -0.121. The highest BCUT2D eigenvalue weighted by Crippen LogP contribution is 2.28. The van der Waals surface area contributed by atoms with Crippen LogP contribution in [-0.4, -0.2) is 34.8 Å². The summed E-state index contributed by atoms with van der Waals surface area (Å²) in [5, 5.41) is 5.16. The van der Waals surface area contributed by atoms with Crippen LogP contribution >= 0.6 is 0 Å². The standard InChI is InChI=1S/C17H20N4O3/c1-12(20-9-8-13-4-2-3-5-14(13)20)10-18-16(23)11-21-17(24)7-6-15(22)19-21/h2-7,12H,8-11H2,1H3,(H,18,23)(H,19,22). The second-order valence-corrected chi connectivity index (χ2v) is 5.96. The van der Waals surface area contributed by atoms with Crippen LogP contribution < -0.4 is 21.3 Å². The molecule has 1 atom stereocenters. The number of nitrogens with one attached hydrogen (secondary N) is 2. The van der Waals surface area contributed by atoms with Gasteiger partial charge in [-0.25, -0.2) is 4.68 Å². The Hall–Kier alpha value is -2.83. The predicted molar refractivity (Wildman–Crippen MR) is 91.3 cm³/mol. The Labute approximate surface area is 138 Å². The number of anilines is 1. The van der Waals surface area contributed by atoms with Gasteiger partial charge in [-0.1, -0.05) is 18.2 Å². The molecule has 3 rings (SSSR count). The van der Waals surface area contributed by atoms with Crippen LogP contribution in [0.2, 0.25) is 0 Å². The molecule has 0 saturated carbocycles. The molecule has 1 aliphatic heterocycles. The number of para-hydroxylation sites is 1. The van der Waals surface area contributed by atoms with Gasteiger partial charge in [0.25, 0.3) is 11.1 Å². The summed E-state index contributed by atoms with van der Waals surface area (Å²) in [4.78, 5) is 37.1. The molecule has 0 bridgehead atoms. The summed E-state index contributed by atoms with van der Waals surface area (Å²) in [5.41, 5.74) is 1.71. The van der Waals surface area contributed by atoms with Gasteiger partial charge in [-0.05, 0) is 25.0 Å². The van der Waals surface area contributed by atoms with Crippen LogP contribution in [-0.2, 0) is 17.8 Å². The van der Waals surface area contributed by atoms with E-state index < -0.39 is 11.1 Å². The highest BCUT2D eigenvalue weighted by Gasteiger charge is 2.23. The lowest BCUT2D eigenvalue weighted by atomic mass is 10.2. The van der Waals surface area contributed by atoms with Crippen LogP contribution in [0, 0.1) is 0 Å². The van der Waals surface area contributed by atoms with Crippen molar-refractivity contribution in [3.05, 3.63) is 62.7 Å². The van der Waals surface area contributed by atoms with Crippen LogP contribution in [0.15, 0.2) is 46.0 Å². The van der Waals surface area contributed by atoms with Crippen molar-refractivity contribution in [2.45, 2.75) is 25.9 Å². The van der Waals surface area contributed by atoms with Crippen molar-refractivity contribution in [1.29, 1.82) is 0 Å². The molecular weight excluding hydrogens is 308 g/mol. The maximum atomic E-state index is 12.0. The van der Waals surface area contributed by atoms with Crippen LogP contribution in [0.3, 0.4) is 0 Å². The monoisotopic (exact) mass is 328 g/mol. The molecule has 0 saturated heterocycles. The highest BCUT2D eigenvalue weighted by molar-refractivity contribution is 5.75. The molecule has 0 fully saturated rings. The first-order valence-corrected chi connectivity index (χ1v) is 7.96. The Morgan fingerprint density at radius 1 is 1.25 bits per heavy atom. The van der Waals surface area contributed by atoms with Gasteiger partial charge in [-0.3, -0.25) is 19.5 Å². The van der Waals surface area contributed by atoms with Gasteiger partial charge >= 0.3 is 0 Å². The molecule has 1 amide bonds. The summed E-state index contributed by atoms with van der Waals surface area (Å²) in [6.45, 7) is 3.26. The van der Waals surface area contributed by atoms with E-state index in [1.807, 2.05) is 12.1 Å². The summed E-state index contributed by atoms with van der Waals surface area (Å²) in [7, 11) is 0. The topological polar surface area (TPSA) is 87.2 Å². The number of hydrogen-bond donors (Lipinski definition) is 2. The maximum absolute atomic E-state index is 12.0. The van der Waals surface area contributed by atoms with E-state index in [4.69, 9.17) is 0 Å². The van der Waals surface area contributed by atoms with Crippen molar-refractivity contribution in [3.63, 3.8) is 0 Å². The first kappa shape index (κ1) is 16.0. The van der Waals surface area contributed by atoms with E-state index >= 15 is 0 Å². The summed E-state index contributed by atoms with van der Waals surface area (Å²) in [6, 6.07) is 10.7. The van der Waals surface area contributed by atoms with Crippen molar-refractivity contribution in [2.24, 2.45) is 0 Å². The second kappa shape index (κ2) is 6.74. The normalized spacial score (nSPS) is 14.3. The van der Waals surface area contributed by atoms with E-state index in [1.165, 1.54) is 11.3 Å². The maximum Gasteiger partial charge on any atom is 0.265 e. The third kappa shape index (κ3) is 3.40. The molecule has 2 aromatic rings. The van der Waals surface area contributed by atoms with Gasteiger partial charge in [-0.2, -0.15) is 0 Å². The number of fused-ring (bicyclic) bond motifs is 1. The largest absolute Gasteiger partial charge is 0.366 e. The molecular formula is C17H20N4O3. The number of hydrogen-bond acceptors (Lipinski definition) is 4. The molecule has 0 aliphatic carbocycles. The smallest absolute Gasteiger partial charge is 0.265 e. The number of amides is 1. The fourth-order valence-electron chi connectivity index (χ4n) is 2.97. The van der Waals surface area contributed by atoms with Crippen molar-refractivity contribution < 1.29 is 4.79 Å². The Bertz CT molecular complexity index is 855. The predicted octanol–water partition coefficient (Wildman–Crippen LogP) is 0.104. The second-order valence-electron chi connectivity index (χ2n) is 5.96. The van der Waals surface area contributed by atoms with Crippen LogP contribution in [0.1, 0.15) is 12.5 Å². The van der Waals surface area contributed by atoms with E-state index in [0.29, 0.717) is 6.54 Å². The number of aromatic amines is 1. The van der Waals surface area contributed by atoms with Crippen molar-refractivity contribution in [3.8, 4) is 0 Å². The van der Waals surface area contributed by atoms with E-state index in [-0.39, 0.29) is 18.5 Å². The molecule has 24 heavy (non-hydrogen) atoms. The van der Waals surface area contributed by atoms with Gasteiger partial charge < -0.3 is 10.2 Å². The third-order valence-electron chi connectivity index (χ3n) is 4.24. The minimum absolute atomic E-state index is 0.143. The van der Waals surface area contributed by atoms with Gasteiger partial charge in [0, 0.05) is 37.0 Å². The van der Waals surface area contributed by atoms with Gasteiger partial charge in [0.05, 0.1) is 0 Å².